The molecule has 0 spiro atoms. The fraction of sp³-hybridized carbons (Fsp3) is 0.200. The Kier molecular flexibility index (Phi) is 5.25. The topological polar surface area (TPSA) is 42.0 Å². The maximum Gasteiger partial charge on any atom is 0.159 e. The number of Topliss-reactive ketones (excluding diaryl/α,β-unsaturated/α-hetero) is 1. The first-order valence-electron chi connectivity index (χ1n) is 7.70. The minimum absolute atomic E-state index is 0. The molecule has 0 bridgehead atoms. The van der Waals surface area contributed by atoms with Gasteiger partial charge in [0.1, 0.15) is 0 Å². The van der Waals surface area contributed by atoms with Crippen molar-refractivity contribution >= 4 is 40.5 Å². The van der Waals surface area contributed by atoms with E-state index < -0.39 is 0 Å². The molecular weight excluding hydrogens is 320 g/mol. The number of nitrogens with one attached hydrogen (secondary N) is 1. The highest BCUT2D eigenvalue weighted by molar-refractivity contribution is 5.97. The van der Waals surface area contributed by atoms with Crippen LogP contribution in [-0.4, -0.2) is 10.8 Å². The van der Waals surface area contributed by atoms with Crippen LogP contribution in [0.15, 0.2) is 42.5 Å². The standard InChI is InChI=1S/C20H20N2O.ClH/c1-12-8-13(2)20-18(9-12)19(10-14(3)21-20)22-17-7-5-6-16(11-17)15(4)23;/h5-11H,1-4H3,(H,21,22);1H. The number of aromatic nitrogens is 1. The van der Waals surface area contributed by atoms with Gasteiger partial charge in [0.15, 0.2) is 5.78 Å². The summed E-state index contributed by atoms with van der Waals surface area (Å²) >= 11 is 0. The average molecular weight is 341 g/mol. The van der Waals surface area contributed by atoms with E-state index in [2.05, 4.69) is 36.3 Å². The molecule has 3 rings (SSSR count). The molecule has 3 nitrogen and oxygen atoms in total. The number of nitrogens with zero attached hydrogens (tertiary/aromatic N) is 1. The van der Waals surface area contributed by atoms with Crippen molar-refractivity contribution in [2.24, 2.45) is 0 Å². The van der Waals surface area contributed by atoms with Crippen molar-refractivity contribution in [1.82, 2.24) is 4.98 Å². The number of hydrogen-bond donors (Lipinski definition) is 1. The molecule has 0 unspecified atom stereocenters. The van der Waals surface area contributed by atoms with E-state index in [1.807, 2.05) is 37.3 Å². The molecular formula is C20H21ClN2O. The average Bonchev–Trinajstić information content (AvgIpc) is 2.49. The summed E-state index contributed by atoms with van der Waals surface area (Å²) in [4.78, 5) is 16.2. The monoisotopic (exact) mass is 340 g/mol. The number of rotatable bonds is 3. The van der Waals surface area contributed by atoms with Crippen LogP contribution in [0.2, 0.25) is 0 Å². The van der Waals surface area contributed by atoms with Gasteiger partial charge in [-0.25, -0.2) is 0 Å². The molecule has 0 fully saturated rings. The molecule has 0 saturated carbocycles. The maximum absolute atomic E-state index is 11.6. The predicted molar refractivity (Wildman–Crippen MR) is 103 cm³/mol. The lowest BCUT2D eigenvalue weighted by Gasteiger charge is -2.13. The van der Waals surface area contributed by atoms with E-state index in [-0.39, 0.29) is 18.2 Å². The van der Waals surface area contributed by atoms with E-state index in [1.165, 1.54) is 11.1 Å². The van der Waals surface area contributed by atoms with Gasteiger partial charge < -0.3 is 5.32 Å². The first-order valence-corrected chi connectivity index (χ1v) is 7.70. The number of anilines is 2. The van der Waals surface area contributed by atoms with Crippen molar-refractivity contribution in [2.45, 2.75) is 27.7 Å². The summed E-state index contributed by atoms with van der Waals surface area (Å²) < 4.78 is 0. The number of ketones is 1. The van der Waals surface area contributed by atoms with Crippen molar-refractivity contribution in [3.05, 3.63) is 64.8 Å². The molecule has 0 radical (unpaired) electrons. The van der Waals surface area contributed by atoms with Gasteiger partial charge in [-0.2, -0.15) is 0 Å². The van der Waals surface area contributed by atoms with Crippen molar-refractivity contribution < 1.29 is 4.79 Å². The quantitative estimate of drug-likeness (QED) is 0.637. The molecule has 1 N–H and O–H groups in total. The largest absolute Gasteiger partial charge is 0.355 e. The van der Waals surface area contributed by atoms with Gasteiger partial charge in [0, 0.05) is 28.0 Å². The number of carbonyl (C=O) groups excluding carboxylic acids is 1. The maximum atomic E-state index is 11.6. The van der Waals surface area contributed by atoms with Crippen molar-refractivity contribution in [2.75, 3.05) is 5.32 Å². The molecule has 1 aromatic heterocycles. The lowest BCUT2D eigenvalue weighted by molar-refractivity contribution is 0.101. The fourth-order valence-corrected chi connectivity index (χ4v) is 2.88. The Morgan fingerprint density at radius 1 is 1.04 bits per heavy atom. The van der Waals surface area contributed by atoms with Crippen LogP contribution in [0.5, 0.6) is 0 Å². The lowest BCUT2D eigenvalue weighted by atomic mass is 10.0. The second-order valence-corrected chi connectivity index (χ2v) is 6.05. The van der Waals surface area contributed by atoms with Crippen LogP contribution in [0.25, 0.3) is 10.9 Å². The van der Waals surface area contributed by atoms with Crippen LogP contribution in [0.3, 0.4) is 0 Å². The first kappa shape index (κ1) is 18.0. The van der Waals surface area contributed by atoms with Crippen LogP contribution < -0.4 is 5.32 Å². The molecule has 2 aromatic carbocycles. The summed E-state index contributed by atoms with van der Waals surface area (Å²) in [6, 6.07) is 13.9. The molecule has 0 aliphatic heterocycles. The summed E-state index contributed by atoms with van der Waals surface area (Å²) in [5.41, 5.74) is 6.99. The zero-order valence-corrected chi connectivity index (χ0v) is 15.1. The van der Waals surface area contributed by atoms with Crippen LogP contribution >= 0.6 is 12.4 Å². The van der Waals surface area contributed by atoms with Crippen LogP contribution in [-0.2, 0) is 0 Å². The molecule has 1 heterocycles. The molecule has 0 amide bonds. The minimum atomic E-state index is 0. The highest BCUT2D eigenvalue weighted by atomic mass is 35.5. The summed E-state index contributed by atoms with van der Waals surface area (Å²) in [7, 11) is 0. The molecule has 24 heavy (non-hydrogen) atoms. The summed E-state index contributed by atoms with van der Waals surface area (Å²) in [6.45, 7) is 7.75. The Hall–Kier alpha value is -2.39. The number of fused-ring (bicyclic) bond motifs is 1. The first-order chi connectivity index (χ1) is 10.9. The third-order valence-electron chi connectivity index (χ3n) is 3.92. The Labute approximate surface area is 148 Å². The third kappa shape index (κ3) is 3.57. The third-order valence-corrected chi connectivity index (χ3v) is 3.92. The molecule has 3 aromatic rings. The van der Waals surface area contributed by atoms with E-state index in [0.717, 1.165) is 28.0 Å². The second kappa shape index (κ2) is 7.02. The lowest BCUT2D eigenvalue weighted by Crippen LogP contribution is -1.98. The molecule has 124 valence electrons. The number of halogens is 1. The number of aryl methyl sites for hydroxylation is 3. The van der Waals surface area contributed by atoms with Gasteiger partial charge in [-0.3, -0.25) is 9.78 Å². The van der Waals surface area contributed by atoms with Gasteiger partial charge in [0.25, 0.3) is 0 Å². The van der Waals surface area contributed by atoms with Crippen LogP contribution in [0.4, 0.5) is 11.4 Å². The number of benzene rings is 2. The molecule has 4 heteroatoms. The Morgan fingerprint density at radius 2 is 1.79 bits per heavy atom. The van der Waals surface area contributed by atoms with Crippen molar-refractivity contribution in [1.29, 1.82) is 0 Å². The van der Waals surface area contributed by atoms with E-state index in [9.17, 15) is 4.79 Å². The van der Waals surface area contributed by atoms with Crippen LogP contribution in [0, 0.1) is 20.8 Å². The van der Waals surface area contributed by atoms with Crippen molar-refractivity contribution in [3.63, 3.8) is 0 Å². The van der Waals surface area contributed by atoms with Gasteiger partial charge in [-0.1, -0.05) is 23.8 Å². The number of hydrogen-bond acceptors (Lipinski definition) is 3. The van der Waals surface area contributed by atoms with Gasteiger partial charge >= 0.3 is 0 Å². The van der Waals surface area contributed by atoms with Gasteiger partial charge in [0.05, 0.1) is 5.52 Å². The van der Waals surface area contributed by atoms with Gasteiger partial charge in [-0.15, -0.1) is 12.4 Å². The zero-order chi connectivity index (χ0) is 16.6. The van der Waals surface area contributed by atoms with E-state index in [0.29, 0.717) is 5.56 Å². The van der Waals surface area contributed by atoms with Crippen molar-refractivity contribution in [3.8, 4) is 0 Å². The highest BCUT2D eigenvalue weighted by Gasteiger charge is 2.08. The van der Waals surface area contributed by atoms with Crippen LogP contribution in [0.1, 0.15) is 34.1 Å². The molecule has 0 atom stereocenters. The summed E-state index contributed by atoms with van der Waals surface area (Å²) in [6.07, 6.45) is 0. The SMILES string of the molecule is CC(=O)c1cccc(Nc2cc(C)nc3c(C)cc(C)cc23)c1.Cl. The summed E-state index contributed by atoms with van der Waals surface area (Å²) in [5, 5.41) is 4.54. The van der Waals surface area contributed by atoms with E-state index >= 15 is 0 Å². The number of pyridine rings is 1. The highest BCUT2D eigenvalue weighted by Crippen LogP contribution is 2.29. The second-order valence-electron chi connectivity index (χ2n) is 6.05. The van der Waals surface area contributed by atoms with Gasteiger partial charge in [0.2, 0.25) is 0 Å². The van der Waals surface area contributed by atoms with E-state index in [4.69, 9.17) is 0 Å². The zero-order valence-electron chi connectivity index (χ0n) is 14.3. The Balaban J connectivity index is 0.00000208. The fourth-order valence-electron chi connectivity index (χ4n) is 2.88. The molecule has 0 aliphatic rings. The smallest absolute Gasteiger partial charge is 0.159 e. The Bertz CT molecular complexity index is 919. The molecule has 0 saturated heterocycles. The van der Waals surface area contributed by atoms with Gasteiger partial charge in [-0.05, 0) is 57.5 Å². The minimum Gasteiger partial charge on any atom is -0.355 e. The Morgan fingerprint density at radius 3 is 2.50 bits per heavy atom. The number of carbonyl (C=O) groups is 1. The normalized spacial score (nSPS) is 10.3. The molecule has 0 aliphatic carbocycles. The predicted octanol–water partition coefficient (Wildman–Crippen LogP) is 5.53. The summed E-state index contributed by atoms with van der Waals surface area (Å²) in [5.74, 6) is 0.0658. The van der Waals surface area contributed by atoms with E-state index in [1.54, 1.807) is 6.92 Å².